The van der Waals surface area contributed by atoms with E-state index in [1.54, 1.807) is 12.3 Å². The largest absolute Gasteiger partial charge is 0.384 e. The Kier molecular flexibility index (Phi) is 3.34. The topological polar surface area (TPSA) is 79.6 Å². The maximum Gasteiger partial charge on any atom is 0.229 e. The van der Waals surface area contributed by atoms with Crippen LogP contribution >= 0.6 is 12.4 Å². The number of nitrogens with one attached hydrogen (secondary N) is 2. The van der Waals surface area contributed by atoms with Crippen molar-refractivity contribution in [1.82, 2.24) is 15.0 Å². The number of nitrogens with zero attached hydrogens (tertiary/aromatic N) is 2. The van der Waals surface area contributed by atoms with Crippen LogP contribution in [0.3, 0.4) is 0 Å². The molecule has 0 saturated heterocycles. The van der Waals surface area contributed by atoms with Crippen molar-refractivity contribution in [1.29, 1.82) is 0 Å². The second kappa shape index (κ2) is 4.93. The predicted molar refractivity (Wildman–Crippen MR) is 75.3 cm³/mol. The van der Waals surface area contributed by atoms with Gasteiger partial charge in [0.05, 0.1) is 0 Å². The zero-order chi connectivity index (χ0) is 11.7. The molecule has 4 N–H and O–H groups in total. The number of halogens is 1. The molecule has 2 aromatic heterocycles. The number of rotatable bonds is 2. The number of hydrogen-bond acceptors (Lipinski definition) is 4. The first kappa shape index (κ1) is 12.2. The molecule has 18 heavy (non-hydrogen) atoms. The molecule has 1 aromatic carbocycles. The standard InChI is InChI=1S/C12H11N5.ClH/c13-11-4-6-15-12(17-11)16-9-2-1-8-3-5-14-10(8)7-9;/h1-7,14H,(H3,13,15,16,17);1H. The second-order valence-electron chi connectivity index (χ2n) is 3.71. The summed E-state index contributed by atoms with van der Waals surface area (Å²) in [6.45, 7) is 0. The molecule has 0 saturated carbocycles. The Labute approximate surface area is 110 Å². The number of fused-ring (bicyclic) bond motifs is 1. The van der Waals surface area contributed by atoms with Crippen LogP contribution in [0, 0.1) is 0 Å². The van der Waals surface area contributed by atoms with Gasteiger partial charge in [-0.05, 0) is 29.7 Å². The van der Waals surface area contributed by atoms with Crippen LogP contribution < -0.4 is 11.1 Å². The molecule has 6 heteroatoms. The molecule has 92 valence electrons. The summed E-state index contributed by atoms with van der Waals surface area (Å²) in [6.07, 6.45) is 3.53. The highest BCUT2D eigenvalue weighted by atomic mass is 35.5. The molecule has 2 heterocycles. The van der Waals surface area contributed by atoms with Gasteiger partial charge in [-0.2, -0.15) is 4.98 Å². The fourth-order valence-electron chi connectivity index (χ4n) is 1.69. The minimum absolute atomic E-state index is 0. The Bertz CT molecular complexity index is 664. The van der Waals surface area contributed by atoms with Gasteiger partial charge in [0.15, 0.2) is 0 Å². The van der Waals surface area contributed by atoms with E-state index >= 15 is 0 Å². The number of benzene rings is 1. The molecular weight excluding hydrogens is 250 g/mol. The van der Waals surface area contributed by atoms with Crippen LogP contribution in [-0.2, 0) is 0 Å². The van der Waals surface area contributed by atoms with Gasteiger partial charge in [-0.1, -0.05) is 6.07 Å². The van der Waals surface area contributed by atoms with Crippen molar-refractivity contribution >= 4 is 40.8 Å². The summed E-state index contributed by atoms with van der Waals surface area (Å²) < 4.78 is 0. The maximum absolute atomic E-state index is 5.59. The van der Waals surface area contributed by atoms with Gasteiger partial charge >= 0.3 is 0 Å². The normalized spacial score (nSPS) is 10.0. The summed E-state index contributed by atoms with van der Waals surface area (Å²) >= 11 is 0. The summed E-state index contributed by atoms with van der Waals surface area (Å²) in [5, 5.41) is 4.27. The smallest absolute Gasteiger partial charge is 0.229 e. The molecule has 0 bridgehead atoms. The number of nitrogens with two attached hydrogens (primary N) is 1. The highest BCUT2D eigenvalue weighted by Crippen LogP contribution is 2.19. The van der Waals surface area contributed by atoms with E-state index < -0.39 is 0 Å². The first-order valence-electron chi connectivity index (χ1n) is 5.24. The van der Waals surface area contributed by atoms with Crippen molar-refractivity contribution < 1.29 is 0 Å². The van der Waals surface area contributed by atoms with E-state index in [0.717, 1.165) is 11.2 Å². The van der Waals surface area contributed by atoms with Crippen molar-refractivity contribution in [3.63, 3.8) is 0 Å². The maximum atomic E-state index is 5.59. The molecule has 0 aliphatic carbocycles. The second-order valence-corrected chi connectivity index (χ2v) is 3.71. The third-order valence-electron chi connectivity index (χ3n) is 2.49. The van der Waals surface area contributed by atoms with E-state index in [1.165, 1.54) is 5.39 Å². The van der Waals surface area contributed by atoms with E-state index in [-0.39, 0.29) is 12.4 Å². The Balaban J connectivity index is 0.00000120. The van der Waals surface area contributed by atoms with Crippen molar-refractivity contribution in [3.05, 3.63) is 42.7 Å². The number of H-pyrrole nitrogens is 1. The van der Waals surface area contributed by atoms with Gasteiger partial charge in [-0.15, -0.1) is 12.4 Å². The van der Waals surface area contributed by atoms with Crippen LogP contribution in [0.1, 0.15) is 0 Å². The van der Waals surface area contributed by atoms with Crippen LogP contribution in [0.2, 0.25) is 0 Å². The van der Waals surface area contributed by atoms with Crippen LogP contribution in [0.5, 0.6) is 0 Å². The molecule has 0 unspecified atom stereocenters. The Morgan fingerprint density at radius 1 is 1.17 bits per heavy atom. The summed E-state index contributed by atoms with van der Waals surface area (Å²) in [5.74, 6) is 0.944. The SMILES string of the molecule is Cl.Nc1ccnc(Nc2ccc3cc[nH]c3c2)n1. The van der Waals surface area contributed by atoms with Gasteiger partial charge in [0.1, 0.15) is 5.82 Å². The molecule has 0 aliphatic heterocycles. The number of anilines is 3. The van der Waals surface area contributed by atoms with E-state index in [0.29, 0.717) is 11.8 Å². The van der Waals surface area contributed by atoms with Gasteiger partial charge in [0.2, 0.25) is 5.95 Å². The van der Waals surface area contributed by atoms with Gasteiger partial charge in [-0.25, -0.2) is 4.98 Å². The average Bonchev–Trinajstić information content (AvgIpc) is 2.76. The first-order chi connectivity index (χ1) is 8.31. The summed E-state index contributed by atoms with van der Waals surface area (Å²) in [6, 6.07) is 9.68. The van der Waals surface area contributed by atoms with Crippen LogP contribution in [-0.4, -0.2) is 15.0 Å². The summed E-state index contributed by atoms with van der Waals surface area (Å²) in [5.41, 5.74) is 7.58. The lowest BCUT2D eigenvalue weighted by Gasteiger charge is -2.04. The van der Waals surface area contributed by atoms with Crippen molar-refractivity contribution in [2.24, 2.45) is 0 Å². The molecular formula is C12H12ClN5. The Morgan fingerprint density at radius 3 is 2.89 bits per heavy atom. The molecule has 0 amide bonds. The molecule has 0 fully saturated rings. The third kappa shape index (κ3) is 2.36. The van der Waals surface area contributed by atoms with Crippen molar-refractivity contribution in [2.75, 3.05) is 11.1 Å². The molecule has 0 aliphatic rings. The van der Waals surface area contributed by atoms with Crippen LogP contribution in [0.15, 0.2) is 42.7 Å². The molecule has 3 aromatic rings. The number of aromatic amines is 1. The van der Waals surface area contributed by atoms with Gasteiger partial charge in [-0.3, -0.25) is 0 Å². The van der Waals surface area contributed by atoms with E-state index in [4.69, 9.17) is 5.73 Å². The fraction of sp³-hybridized carbons (Fsp3) is 0. The Hall–Kier alpha value is -2.27. The van der Waals surface area contributed by atoms with Crippen LogP contribution in [0.4, 0.5) is 17.5 Å². The zero-order valence-corrected chi connectivity index (χ0v) is 10.2. The quantitative estimate of drug-likeness (QED) is 0.663. The number of nitrogen functional groups attached to an aromatic ring is 1. The van der Waals surface area contributed by atoms with Gasteiger partial charge in [0, 0.05) is 23.6 Å². The molecule has 0 atom stereocenters. The highest BCUT2D eigenvalue weighted by Gasteiger charge is 2.00. The minimum atomic E-state index is 0. The molecule has 5 nitrogen and oxygen atoms in total. The minimum Gasteiger partial charge on any atom is -0.384 e. The Morgan fingerprint density at radius 2 is 2.06 bits per heavy atom. The predicted octanol–water partition coefficient (Wildman–Crippen LogP) is 2.71. The highest BCUT2D eigenvalue weighted by molar-refractivity contribution is 5.85. The van der Waals surface area contributed by atoms with Crippen molar-refractivity contribution in [2.45, 2.75) is 0 Å². The summed E-state index contributed by atoms with van der Waals surface area (Å²) in [7, 11) is 0. The first-order valence-corrected chi connectivity index (χ1v) is 5.24. The monoisotopic (exact) mass is 261 g/mol. The van der Waals surface area contributed by atoms with E-state index in [2.05, 4.69) is 20.3 Å². The molecule has 0 spiro atoms. The summed E-state index contributed by atoms with van der Waals surface area (Å²) in [4.78, 5) is 11.3. The molecule has 0 radical (unpaired) electrons. The lowest BCUT2D eigenvalue weighted by atomic mass is 10.2. The lowest BCUT2D eigenvalue weighted by molar-refractivity contribution is 1.17. The number of hydrogen-bond donors (Lipinski definition) is 3. The average molecular weight is 262 g/mol. The lowest BCUT2D eigenvalue weighted by Crippen LogP contribution is -1.99. The molecule has 3 rings (SSSR count). The van der Waals surface area contributed by atoms with Gasteiger partial charge < -0.3 is 16.0 Å². The van der Waals surface area contributed by atoms with E-state index in [1.807, 2.05) is 30.5 Å². The fourth-order valence-corrected chi connectivity index (χ4v) is 1.69. The van der Waals surface area contributed by atoms with E-state index in [9.17, 15) is 0 Å². The number of aromatic nitrogens is 3. The van der Waals surface area contributed by atoms with Crippen molar-refractivity contribution in [3.8, 4) is 0 Å². The van der Waals surface area contributed by atoms with Gasteiger partial charge in [0.25, 0.3) is 0 Å². The third-order valence-corrected chi connectivity index (χ3v) is 2.49. The zero-order valence-electron chi connectivity index (χ0n) is 9.42. The van der Waals surface area contributed by atoms with Crippen LogP contribution in [0.25, 0.3) is 10.9 Å².